The van der Waals surface area contributed by atoms with Gasteiger partial charge in [-0.1, -0.05) is 19.8 Å². The van der Waals surface area contributed by atoms with Crippen molar-refractivity contribution in [1.29, 1.82) is 0 Å². The third-order valence-corrected chi connectivity index (χ3v) is 4.05. The zero-order valence-corrected chi connectivity index (χ0v) is 15.4. The normalized spacial score (nSPS) is 21.8. The van der Waals surface area contributed by atoms with Crippen LogP contribution in [-0.4, -0.2) is 57.3 Å². The lowest BCUT2D eigenvalue weighted by molar-refractivity contribution is -0.164. The number of hydrogen-bond donors (Lipinski definition) is 3. The molecule has 1 fully saturated rings. The van der Waals surface area contributed by atoms with Crippen LogP contribution in [0.3, 0.4) is 0 Å². The van der Waals surface area contributed by atoms with E-state index in [2.05, 4.69) is 0 Å². The monoisotopic (exact) mass is 358 g/mol. The standard InChI is InChI=1S/C17H30N2O6/c1-5-6-7-11(8-14(21)18-24)15(22)19-10-12(20)9-13(19)16(23)25-17(2,3)4/h11-13,20,24H,5-10H2,1-4H3,(H,18,21)/t11-,12+,13+/m1/s1. The summed E-state index contributed by atoms with van der Waals surface area (Å²) in [4.78, 5) is 38.1. The maximum atomic E-state index is 12.9. The van der Waals surface area contributed by atoms with Crippen molar-refractivity contribution in [2.24, 2.45) is 5.92 Å². The van der Waals surface area contributed by atoms with Gasteiger partial charge in [0.25, 0.3) is 0 Å². The third-order valence-electron chi connectivity index (χ3n) is 4.05. The van der Waals surface area contributed by atoms with Crippen molar-refractivity contribution < 1.29 is 29.4 Å². The first-order chi connectivity index (χ1) is 11.6. The van der Waals surface area contributed by atoms with E-state index in [1.165, 1.54) is 4.90 Å². The van der Waals surface area contributed by atoms with Crippen LogP contribution in [0.5, 0.6) is 0 Å². The summed E-state index contributed by atoms with van der Waals surface area (Å²) in [6, 6.07) is -0.858. The first-order valence-electron chi connectivity index (χ1n) is 8.73. The molecule has 2 amide bonds. The quantitative estimate of drug-likeness (QED) is 0.355. The molecule has 0 bridgehead atoms. The molecule has 1 aliphatic heterocycles. The highest BCUT2D eigenvalue weighted by molar-refractivity contribution is 5.89. The Morgan fingerprint density at radius 1 is 1.32 bits per heavy atom. The second-order valence-electron chi connectivity index (χ2n) is 7.51. The number of nitrogens with zero attached hydrogens (tertiary/aromatic N) is 1. The number of unbranched alkanes of at least 4 members (excludes halogenated alkanes) is 1. The molecule has 1 aliphatic rings. The number of hydroxylamine groups is 1. The molecule has 1 rings (SSSR count). The SMILES string of the molecule is CCCC[C@H](CC(=O)NO)C(=O)N1C[C@@H](O)C[C@H]1C(=O)OC(C)(C)C. The van der Waals surface area contributed by atoms with Gasteiger partial charge in [0.1, 0.15) is 11.6 Å². The first-order valence-corrected chi connectivity index (χ1v) is 8.73. The van der Waals surface area contributed by atoms with Crippen molar-refractivity contribution in [2.75, 3.05) is 6.54 Å². The Hall–Kier alpha value is -1.67. The molecule has 0 saturated carbocycles. The molecule has 8 heteroatoms. The molecule has 3 atom stereocenters. The highest BCUT2D eigenvalue weighted by Gasteiger charge is 2.43. The average molecular weight is 358 g/mol. The minimum absolute atomic E-state index is 0.0338. The molecule has 0 radical (unpaired) electrons. The van der Waals surface area contributed by atoms with Gasteiger partial charge in [-0.25, -0.2) is 10.3 Å². The molecule has 0 aromatic rings. The van der Waals surface area contributed by atoms with E-state index < -0.39 is 35.5 Å². The Labute approximate surface area is 148 Å². The average Bonchev–Trinajstić information content (AvgIpc) is 2.90. The van der Waals surface area contributed by atoms with E-state index in [9.17, 15) is 19.5 Å². The van der Waals surface area contributed by atoms with E-state index in [-0.39, 0.29) is 25.3 Å². The Balaban J connectivity index is 2.91. The van der Waals surface area contributed by atoms with Crippen molar-refractivity contribution in [2.45, 2.75) is 77.5 Å². The highest BCUT2D eigenvalue weighted by atomic mass is 16.6. The Kier molecular flexibility index (Phi) is 7.82. The molecule has 3 N–H and O–H groups in total. The summed E-state index contributed by atoms with van der Waals surface area (Å²) in [6.45, 7) is 7.21. The number of β-amino-alcohol motifs (C(OH)–C–C–N with tert-alkyl or cyclic N) is 1. The van der Waals surface area contributed by atoms with E-state index in [0.717, 1.165) is 12.8 Å². The summed E-state index contributed by atoms with van der Waals surface area (Å²) in [5.74, 6) is -2.23. The summed E-state index contributed by atoms with van der Waals surface area (Å²) in [6.07, 6.45) is 1.21. The molecule has 0 unspecified atom stereocenters. The van der Waals surface area contributed by atoms with Crippen LogP contribution in [0.2, 0.25) is 0 Å². The summed E-state index contributed by atoms with van der Waals surface area (Å²) >= 11 is 0. The topological polar surface area (TPSA) is 116 Å². The van der Waals surface area contributed by atoms with Crippen LogP contribution in [0.1, 0.15) is 59.8 Å². The predicted molar refractivity (Wildman–Crippen MR) is 89.5 cm³/mol. The molecular weight excluding hydrogens is 328 g/mol. The number of likely N-dealkylation sites (tertiary alicyclic amines) is 1. The second-order valence-corrected chi connectivity index (χ2v) is 7.51. The number of carbonyl (C=O) groups is 3. The maximum Gasteiger partial charge on any atom is 0.329 e. The summed E-state index contributed by atoms with van der Waals surface area (Å²) in [5, 5.41) is 18.7. The van der Waals surface area contributed by atoms with Gasteiger partial charge < -0.3 is 14.7 Å². The Morgan fingerprint density at radius 3 is 2.48 bits per heavy atom. The van der Waals surface area contributed by atoms with E-state index in [1.807, 2.05) is 6.92 Å². The van der Waals surface area contributed by atoms with Gasteiger partial charge in [-0.2, -0.15) is 0 Å². The highest BCUT2D eigenvalue weighted by Crippen LogP contribution is 2.26. The van der Waals surface area contributed by atoms with Gasteiger partial charge in [0, 0.05) is 25.3 Å². The largest absolute Gasteiger partial charge is 0.458 e. The van der Waals surface area contributed by atoms with Crippen LogP contribution in [0.4, 0.5) is 0 Å². The number of nitrogens with one attached hydrogen (secondary N) is 1. The number of aliphatic hydroxyl groups is 1. The van der Waals surface area contributed by atoms with Crippen LogP contribution in [-0.2, 0) is 19.1 Å². The van der Waals surface area contributed by atoms with Crippen molar-refractivity contribution in [3.63, 3.8) is 0 Å². The lowest BCUT2D eigenvalue weighted by Gasteiger charge is -2.29. The smallest absolute Gasteiger partial charge is 0.329 e. The van der Waals surface area contributed by atoms with Crippen molar-refractivity contribution in [3.05, 3.63) is 0 Å². The summed E-state index contributed by atoms with van der Waals surface area (Å²) in [7, 11) is 0. The van der Waals surface area contributed by atoms with Crippen LogP contribution in [0, 0.1) is 5.92 Å². The number of hydrogen-bond acceptors (Lipinski definition) is 6. The molecule has 144 valence electrons. The second kappa shape index (κ2) is 9.15. The number of rotatable bonds is 7. The van der Waals surface area contributed by atoms with Gasteiger partial charge in [-0.15, -0.1) is 0 Å². The molecule has 0 aliphatic carbocycles. The van der Waals surface area contributed by atoms with Gasteiger partial charge in [0.05, 0.1) is 6.10 Å². The zero-order chi connectivity index (χ0) is 19.2. The van der Waals surface area contributed by atoms with Gasteiger partial charge in [0.2, 0.25) is 11.8 Å². The number of aliphatic hydroxyl groups excluding tert-OH is 1. The van der Waals surface area contributed by atoms with E-state index in [4.69, 9.17) is 9.94 Å². The van der Waals surface area contributed by atoms with E-state index in [0.29, 0.717) is 6.42 Å². The van der Waals surface area contributed by atoms with Crippen LogP contribution in [0.15, 0.2) is 0 Å². The molecule has 8 nitrogen and oxygen atoms in total. The van der Waals surface area contributed by atoms with Crippen LogP contribution in [0.25, 0.3) is 0 Å². The molecule has 0 aromatic heterocycles. The van der Waals surface area contributed by atoms with E-state index >= 15 is 0 Å². The summed E-state index contributed by atoms with van der Waals surface area (Å²) < 4.78 is 5.35. The van der Waals surface area contributed by atoms with E-state index in [1.54, 1.807) is 26.3 Å². The fourth-order valence-corrected chi connectivity index (χ4v) is 2.92. The molecular formula is C17H30N2O6. The minimum atomic E-state index is -0.858. The fourth-order valence-electron chi connectivity index (χ4n) is 2.92. The van der Waals surface area contributed by atoms with Crippen molar-refractivity contribution in [1.82, 2.24) is 10.4 Å². The Morgan fingerprint density at radius 2 is 1.96 bits per heavy atom. The molecule has 1 heterocycles. The lowest BCUT2D eigenvalue weighted by Crippen LogP contribution is -2.46. The lowest BCUT2D eigenvalue weighted by atomic mass is 9.96. The third kappa shape index (κ3) is 6.62. The number of ether oxygens (including phenoxy) is 1. The molecule has 1 saturated heterocycles. The van der Waals surface area contributed by atoms with Gasteiger partial charge >= 0.3 is 5.97 Å². The van der Waals surface area contributed by atoms with Crippen LogP contribution >= 0.6 is 0 Å². The van der Waals surface area contributed by atoms with Gasteiger partial charge in [-0.3, -0.25) is 14.8 Å². The maximum absolute atomic E-state index is 12.9. The van der Waals surface area contributed by atoms with Crippen LogP contribution < -0.4 is 5.48 Å². The summed E-state index contributed by atoms with van der Waals surface area (Å²) in [5.41, 5.74) is 0.844. The first kappa shape index (κ1) is 21.4. The molecule has 0 aromatic carbocycles. The molecule has 0 spiro atoms. The molecule has 25 heavy (non-hydrogen) atoms. The number of esters is 1. The minimum Gasteiger partial charge on any atom is -0.458 e. The number of carbonyl (C=O) groups excluding carboxylic acids is 3. The zero-order valence-electron chi connectivity index (χ0n) is 15.4. The fraction of sp³-hybridized carbons (Fsp3) is 0.824. The van der Waals surface area contributed by atoms with Gasteiger partial charge in [-0.05, 0) is 27.2 Å². The Bertz CT molecular complexity index is 488. The van der Waals surface area contributed by atoms with Crippen molar-refractivity contribution >= 4 is 17.8 Å². The van der Waals surface area contributed by atoms with Gasteiger partial charge in [0.15, 0.2) is 0 Å². The van der Waals surface area contributed by atoms with Crippen molar-refractivity contribution in [3.8, 4) is 0 Å². The predicted octanol–water partition coefficient (Wildman–Crippen LogP) is 0.992. The number of amides is 2.